The molecule has 0 radical (unpaired) electrons. The summed E-state index contributed by atoms with van der Waals surface area (Å²) in [6.07, 6.45) is 1.59. The van der Waals surface area contributed by atoms with Gasteiger partial charge in [0, 0.05) is 47.7 Å². The smallest absolute Gasteiger partial charge is 0.274 e. The second-order valence-electron chi connectivity index (χ2n) is 12.4. The lowest BCUT2D eigenvalue weighted by molar-refractivity contribution is 0.0114. The van der Waals surface area contributed by atoms with Crippen LogP contribution in [-0.2, 0) is 31.3 Å². The minimum absolute atomic E-state index is 0.115. The number of sulfonamides is 1. The first-order valence-corrected chi connectivity index (χ1v) is 19.1. The number of anilines is 2. The van der Waals surface area contributed by atoms with E-state index in [0.29, 0.717) is 96.8 Å². The van der Waals surface area contributed by atoms with E-state index in [1.54, 1.807) is 75.6 Å². The number of carbonyl (C=O) groups is 1. The lowest BCUT2D eigenvalue weighted by Crippen LogP contribution is -2.17. The van der Waals surface area contributed by atoms with E-state index in [1.807, 2.05) is 6.92 Å². The van der Waals surface area contributed by atoms with Crippen LogP contribution in [0.25, 0.3) is 22.0 Å². The van der Waals surface area contributed by atoms with Crippen LogP contribution in [0.4, 0.5) is 15.8 Å². The maximum atomic E-state index is 14.1. The van der Waals surface area contributed by atoms with Crippen LogP contribution in [0.15, 0.2) is 71.7 Å². The van der Waals surface area contributed by atoms with Gasteiger partial charge in [0.05, 0.1) is 38.8 Å². The monoisotopic (exact) mass is 764 g/mol. The zero-order valence-electron chi connectivity index (χ0n) is 30.9. The molecule has 3 N–H and O–H groups in total. The number of H-pyrrole nitrogens is 1. The Morgan fingerprint density at radius 2 is 1.46 bits per heavy atom. The van der Waals surface area contributed by atoms with Crippen molar-refractivity contribution in [1.29, 1.82) is 0 Å². The predicted molar refractivity (Wildman–Crippen MR) is 206 cm³/mol. The number of nitrogens with zero attached hydrogens (tertiary/aromatic N) is 1. The Bertz CT molecular complexity index is 2230. The Morgan fingerprint density at radius 3 is 2.11 bits per heavy atom. The summed E-state index contributed by atoms with van der Waals surface area (Å²) in [4.78, 5) is 29.8. The summed E-state index contributed by atoms with van der Waals surface area (Å²) < 4.78 is 71.3. The first-order chi connectivity index (χ1) is 25.9. The van der Waals surface area contributed by atoms with Crippen LogP contribution in [0.1, 0.15) is 35.5 Å². The molecule has 13 nitrogen and oxygen atoms in total. The van der Waals surface area contributed by atoms with Gasteiger partial charge in [-0.05, 0) is 99.5 Å². The molecule has 0 saturated carbocycles. The molecule has 5 aromatic rings. The first-order valence-electron chi connectivity index (χ1n) is 17.5. The summed E-state index contributed by atoms with van der Waals surface area (Å²) in [5, 5.41) is 3.24. The number of benzene rings is 3. The number of carbonyl (C=O) groups excluding carboxylic acids is 1. The molecule has 3 aromatic carbocycles. The second-order valence-corrected chi connectivity index (χ2v) is 14.4. The molecule has 2 aromatic heterocycles. The average Bonchev–Trinajstić information content (AvgIpc) is 3.59. The number of hydrogen-bond acceptors (Lipinski definition) is 9. The molecule has 288 valence electrons. The van der Waals surface area contributed by atoms with Crippen molar-refractivity contribution in [2.24, 2.45) is 7.05 Å². The van der Waals surface area contributed by atoms with Crippen LogP contribution in [0.2, 0.25) is 0 Å². The Labute approximate surface area is 313 Å². The number of aryl methyl sites for hydroxylation is 3. The maximum absolute atomic E-state index is 14.1. The van der Waals surface area contributed by atoms with Gasteiger partial charge in [-0.25, -0.2) is 12.8 Å². The van der Waals surface area contributed by atoms with E-state index < -0.39 is 21.7 Å². The number of ether oxygens (including phenoxy) is 5. The Morgan fingerprint density at radius 1 is 0.833 bits per heavy atom. The number of pyridine rings is 1. The number of amides is 1. The highest BCUT2D eigenvalue weighted by molar-refractivity contribution is 7.92. The SMILES string of the molecule is CCOCCOCCOCCOc1ccc(NC(=O)c2cc3c(-c4cc(NS(=O)(=O)CC)ccc4Oc4c(C)cc(F)cc4C)cn(C)c(=O)c3[nH]2)cc1. The van der Waals surface area contributed by atoms with Crippen molar-refractivity contribution in [3.63, 3.8) is 0 Å². The molecule has 0 fully saturated rings. The van der Waals surface area contributed by atoms with E-state index >= 15 is 0 Å². The van der Waals surface area contributed by atoms with E-state index in [2.05, 4.69) is 15.0 Å². The fraction of sp³-hybridized carbons (Fsp3) is 0.333. The molecule has 0 spiro atoms. The van der Waals surface area contributed by atoms with E-state index in [-0.39, 0.29) is 28.2 Å². The maximum Gasteiger partial charge on any atom is 0.274 e. The highest BCUT2D eigenvalue weighted by Gasteiger charge is 2.21. The molecular weight excluding hydrogens is 720 g/mol. The van der Waals surface area contributed by atoms with Gasteiger partial charge in [-0.1, -0.05) is 0 Å². The molecule has 5 rings (SSSR count). The summed E-state index contributed by atoms with van der Waals surface area (Å²) >= 11 is 0. The Balaban J connectivity index is 1.36. The zero-order chi connectivity index (χ0) is 38.8. The minimum atomic E-state index is -3.64. The summed E-state index contributed by atoms with van der Waals surface area (Å²) in [6.45, 7) is 10.3. The normalized spacial score (nSPS) is 11.5. The Kier molecular flexibility index (Phi) is 13.5. The summed E-state index contributed by atoms with van der Waals surface area (Å²) in [7, 11) is -2.07. The van der Waals surface area contributed by atoms with Crippen LogP contribution >= 0.6 is 0 Å². The molecule has 0 atom stereocenters. The molecule has 0 bridgehead atoms. The summed E-state index contributed by atoms with van der Waals surface area (Å²) in [6, 6.07) is 15.9. The van der Waals surface area contributed by atoms with Crippen LogP contribution in [0.5, 0.6) is 17.2 Å². The van der Waals surface area contributed by atoms with E-state index in [9.17, 15) is 22.4 Å². The van der Waals surface area contributed by atoms with Gasteiger partial charge >= 0.3 is 0 Å². The van der Waals surface area contributed by atoms with Gasteiger partial charge in [-0.2, -0.15) is 0 Å². The number of aromatic nitrogens is 2. The standard InChI is InChI=1S/C39H45FN4O9S/c1-6-49-14-15-50-16-17-51-18-19-52-30-11-8-28(9-12-30)41-38(45)34-23-32-33(24-44(5)39(46)36(32)42-34)31-22-29(43-54(47,48)7-2)10-13-35(31)53-37-25(3)20-27(40)21-26(37)4/h8-13,20-24,42-43H,6-7,14-19H2,1-5H3,(H,41,45). The number of nitrogens with one attached hydrogen (secondary N) is 3. The largest absolute Gasteiger partial charge is 0.491 e. The van der Waals surface area contributed by atoms with E-state index in [4.69, 9.17) is 23.7 Å². The third-order valence-electron chi connectivity index (χ3n) is 8.33. The molecule has 0 aliphatic rings. The van der Waals surface area contributed by atoms with Crippen molar-refractivity contribution in [3.05, 3.63) is 99.9 Å². The highest BCUT2D eigenvalue weighted by Crippen LogP contribution is 2.40. The van der Waals surface area contributed by atoms with Crippen molar-refractivity contribution in [3.8, 4) is 28.4 Å². The molecular formula is C39H45FN4O9S. The Hall–Kier alpha value is -5.22. The molecule has 54 heavy (non-hydrogen) atoms. The van der Waals surface area contributed by atoms with Gasteiger partial charge in [-0.15, -0.1) is 0 Å². The van der Waals surface area contributed by atoms with Gasteiger partial charge in [-0.3, -0.25) is 14.3 Å². The third-order valence-corrected chi connectivity index (χ3v) is 9.63. The van der Waals surface area contributed by atoms with Crippen molar-refractivity contribution in [1.82, 2.24) is 9.55 Å². The summed E-state index contributed by atoms with van der Waals surface area (Å²) in [5.74, 6) is 0.285. The summed E-state index contributed by atoms with van der Waals surface area (Å²) in [5.41, 5.74) is 2.66. The first kappa shape index (κ1) is 40.0. The van der Waals surface area contributed by atoms with Crippen molar-refractivity contribution in [2.75, 3.05) is 62.0 Å². The third kappa shape index (κ3) is 10.3. The number of rotatable bonds is 19. The topological polar surface area (TPSA) is 159 Å². The molecule has 15 heteroatoms. The molecule has 0 aliphatic carbocycles. The average molecular weight is 765 g/mol. The van der Waals surface area contributed by atoms with Gasteiger partial charge in [0.1, 0.15) is 40.9 Å². The zero-order valence-corrected chi connectivity index (χ0v) is 31.7. The molecule has 0 unspecified atom stereocenters. The number of aromatic amines is 1. The number of halogens is 1. The van der Waals surface area contributed by atoms with Gasteiger partial charge in [0.25, 0.3) is 11.5 Å². The van der Waals surface area contributed by atoms with Crippen LogP contribution in [-0.4, -0.2) is 75.9 Å². The molecule has 0 aliphatic heterocycles. The molecule has 2 heterocycles. The second kappa shape index (κ2) is 18.2. The highest BCUT2D eigenvalue weighted by atomic mass is 32.2. The van der Waals surface area contributed by atoms with Crippen molar-refractivity contribution < 1.29 is 41.3 Å². The lowest BCUT2D eigenvalue weighted by atomic mass is 10.0. The lowest BCUT2D eigenvalue weighted by Gasteiger charge is -2.18. The minimum Gasteiger partial charge on any atom is -0.491 e. The fourth-order valence-electron chi connectivity index (χ4n) is 5.62. The van der Waals surface area contributed by atoms with Crippen LogP contribution in [0, 0.1) is 19.7 Å². The van der Waals surface area contributed by atoms with Crippen LogP contribution < -0.4 is 25.1 Å². The van der Waals surface area contributed by atoms with Gasteiger partial charge in [0.15, 0.2) is 0 Å². The molecule has 1 amide bonds. The van der Waals surface area contributed by atoms with Crippen molar-refractivity contribution in [2.45, 2.75) is 27.7 Å². The van der Waals surface area contributed by atoms with Gasteiger partial charge in [0.2, 0.25) is 10.0 Å². The quantitative estimate of drug-likeness (QED) is 0.0794. The van der Waals surface area contributed by atoms with E-state index in [1.165, 1.54) is 23.6 Å². The number of hydrogen-bond donors (Lipinski definition) is 3. The van der Waals surface area contributed by atoms with Crippen LogP contribution in [0.3, 0.4) is 0 Å². The van der Waals surface area contributed by atoms with E-state index in [0.717, 1.165) is 0 Å². The fourth-order valence-corrected chi connectivity index (χ4v) is 6.25. The van der Waals surface area contributed by atoms with Gasteiger partial charge < -0.3 is 38.6 Å². The number of fused-ring (bicyclic) bond motifs is 1. The predicted octanol–water partition coefficient (Wildman–Crippen LogP) is 6.54. The van der Waals surface area contributed by atoms with Crippen molar-refractivity contribution >= 4 is 38.2 Å². The molecule has 0 saturated heterocycles.